The SMILES string of the molecule is CC(C)c1ncnc(C(C)C)c1-n1c(=O)c([N+](=O)[O-])c(Cl)c2cc(C(F)(F)F)n([C@H]3C=CC=C3F)c(=O)c21. The molecule has 0 amide bonds. The molecule has 0 saturated carbocycles. The topological polar surface area (TPSA) is 113 Å². The molecule has 14 heteroatoms. The third kappa shape index (κ3) is 4.20. The van der Waals surface area contributed by atoms with Gasteiger partial charge in [0, 0.05) is 5.39 Å². The first-order chi connectivity index (χ1) is 17.7. The van der Waals surface area contributed by atoms with Crippen LogP contribution in [0.4, 0.5) is 23.2 Å². The number of nitrogens with zero attached hydrogens (tertiary/aromatic N) is 5. The van der Waals surface area contributed by atoms with Crippen molar-refractivity contribution in [1.82, 2.24) is 19.1 Å². The number of halogens is 5. The molecule has 1 aliphatic rings. The van der Waals surface area contributed by atoms with Crippen LogP contribution >= 0.6 is 11.6 Å². The summed E-state index contributed by atoms with van der Waals surface area (Å²) in [7, 11) is 0. The van der Waals surface area contributed by atoms with Gasteiger partial charge in [-0.1, -0.05) is 51.4 Å². The predicted molar refractivity (Wildman–Crippen MR) is 132 cm³/mol. The summed E-state index contributed by atoms with van der Waals surface area (Å²) in [6, 6.07) is -1.35. The minimum Gasteiger partial charge on any atom is -0.289 e. The Morgan fingerprint density at radius 2 is 1.66 bits per heavy atom. The van der Waals surface area contributed by atoms with E-state index in [0.29, 0.717) is 10.6 Å². The summed E-state index contributed by atoms with van der Waals surface area (Å²) in [5.41, 5.74) is -6.01. The summed E-state index contributed by atoms with van der Waals surface area (Å²) in [5, 5.41) is 10.2. The average molecular weight is 554 g/mol. The minimum atomic E-state index is -5.19. The quantitative estimate of drug-likeness (QED) is 0.226. The van der Waals surface area contributed by atoms with E-state index in [-0.39, 0.29) is 21.6 Å². The molecule has 1 aliphatic carbocycles. The predicted octanol–water partition coefficient (Wildman–Crippen LogP) is 5.73. The molecule has 0 aromatic carbocycles. The highest BCUT2D eigenvalue weighted by Crippen LogP contribution is 2.39. The van der Waals surface area contributed by atoms with E-state index >= 15 is 0 Å². The van der Waals surface area contributed by atoms with Crippen molar-refractivity contribution < 1.29 is 22.5 Å². The van der Waals surface area contributed by atoms with Gasteiger partial charge in [-0.25, -0.2) is 14.4 Å². The van der Waals surface area contributed by atoms with Gasteiger partial charge in [0.05, 0.1) is 22.0 Å². The molecule has 38 heavy (non-hydrogen) atoms. The molecule has 0 bridgehead atoms. The Labute approximate surface area is 216 Å². The maximum Gasteiger partial charge on any atom is 0.431 e. The summed E-state index contributed by atoms with van der Waals surface area (Å²) in [4.78, 5) is 46.7. The Kier molecular flexibility index (Phi) is 6.76. The van der Waals surface area contributed by atoms with E-state index in [9.17, 15) is 37.3 Å². The van der Waals surface area contributed by atoms with E-state index < -0.39 is 73.2 Å². The van der Waals surface area contributed by atoms with Crippen LogP contribution < -0.4 is 11.1 Å². The largest absolute Gasteiger partial charge is 0.431 e. The third-order valence-corrected chi connectivity index (χ3v) is 6.45. The van der Waals surface area contributed by atoms with Gasteiger partial charge in [0.2, 0.25) is 0 Å². The van der Waals surface area contributed by atoms with Crippen LogP contribution in [0.5, 0.6) is 0 Å². The molecular weight excluding hydrogens is 534 g/mol. The summed E-state index contributed by atoms with van der Waals surface area (Å²) in [6.45, 7) is 6.82. The van der Waals surface area contributed by atoms with Gasteiger partial charge < -0.3 is 0 Å². The van der Waals surface area contributed by atoms with E-state index in [1.165, 1.54) is 6.33 Å². The monoisotopic (exact) mass is 553 g/mol. The van der Waals surface area contributed by atoms with Gasteiger partial charge in [0.15, 0.2) is 0 Å². The van der Waals surface area contributed by atoms with Crippen molar-refractivity contribution in [2.24, 2.45) is 0 Å². The maximum absolute atomic E-state index is 14.6. The minimum absolute atomic E-state index is 0.0892. The molecule has 9 nitrogen and oxygen atoms in total. The molecule has 0 radical (unpaired) electrons. The number of hydrogen-bond acceptors (Lipinski definition) is 6. The highest BCUT2D eigenvalue weighted by atomic mass is 35.5. The molecule has 0 aliphatic heterocycles. The maximum atomic E-state index is 14.6. The molecule has 0 fully saturated rings. The number of aromatic nitrogens is 4. The second-order valence-corrected chi connectivity index (χ2v) is 9.59. The van der Waals surface area contributed by atoms with Crippen molar-refractivity contribution in [3.05, 3.63) is 89.4 Å². The smallest absolute Gasteiger partial charge is 0.289 e. The first-order valence-electron chi connectivity index (χ1n) is 11.3. The molecular formula is C24H20ClF4N5O4. The lowest BCUT2D eigenvalue weighted by atomic mass is 10.0. The number of alkyl halides is 3. The Morgan fingerprint density at radius 1 is 1.08 bits per heavy atom. The number of fused-ring (bicyclic) bond motifs is 1. The molecule has 0 spiro atoms. The van der Waals surface area contributed by atoms with E-state index in [1.807, 2.05) is 0 Å². The normalized spacial score (nSPS) is 15.7. The van der Waals surface area contributed by atoms with Crippen LogP contribution in [0.2, 0.25) is 5.02 Å². The molecule has 200 valence electrons. The molecule has 0 saturated heterocycles. The van der Waals surface area contributed by atoms with Crippen LogP contribution in [-0.4, -0.2) is 24.0 Å². The van der Waals surface area contributed by atoms with Gasteiger partial charge in [-0.05, 0) is 24.0 Å². The fraction of sp³-hybridized carbons (Fsp3) is 0.333. The fourth-order valence-electron chi connectivity index (χ4n) is 4.43. The molecule has 4 rings (SSSR count). The van der Waals surface area contributed by atoms with E-state index in [1.54, 1.807) is 27.7 Å². The van der Waals surface area contributed by atoms with Gasteiger partial charge in [-0.15, -0.1) is 0 Å². The first-order valence-corrected chi connectivity index (χ1v) is 11.7. The zero-order valence-corrected chi connectivity index (χ0v) is 21.1. The number of pyridine rings is 2. The second kappa shape index (κ2) is 9.46. The molecule has 0 N–H and O–H groups in total. The van der Waals surface area contributed by atoms with Crippen LogP contribution in [0.1, 0.15) is 62.7 Å². The average Bonchev–Trinajstić information content (AvgIpc) is 3.23. The Bertz CT molecular complexity index is 1650. The Balaban J connectivity index is 2.38. The van der Waals surface area contributed by atoms with E-state index in [4.69, 9.17) is 11.6 Å². The number of allylic oxidation sites excluding steroid dienone is 4. The van der Waals surface area contributed by atoms with Gasteiger partial charge in [0.25, 0.3) is 5.56 Å². The molecule has 3 heterocycles. The molecule has 3 aromatic heterocycles. The summed E-state index contributed by atoms with van der Waals surface area (Å²) in [5.74, 6) is -1.86. The number of nitro groups is 1. The van der Waals surface area contributed by atoms with Crippen LogP contribution in [0, 0.1) is 10.1 Å². The van der Waals surface area contributed by atoms with E-state index in [0.717, 1.165) is 18.2 Å². The first kappa shape index (κ1) is 27.2. The van der Waals surface area contributed by atoms with Gasteiger partial charge >= 0.3 is 17.4 Å². The van der Waals surface area contributed by atoms with Crippen molar-refractivity contribution >= 4 is 28.2 Å². The Morgan fingerprint density at radius 3 is 2.11 bits per heavy atom. The van der Waals surface area contributed by atoms with Crippen molar-refractivity contribution in [3.8, 4) is 5.69 Å². The second-order valence-electron chi connectivity index (χ2n) is 9.21. The zero-order chi connectivity index (χ0) is 28.3. The lowest BCUT2D eigenvalue weighted by Crippen LogP contribution is -2.35. The Hall–Kier alpha value is -3.87. The van der Waals surface area contributed by atoms with Gasteiger partial charge in [0.1, 0.15) is 34.4 Å². The molecule has 0 unspecified atom stereocenters. The molecule has 1 atom stereocenters. The highest BCUT2D eigenvalue weighted by Gasteiger charge is 2.40. The van der Waals surface area contributed by atoms with Crippen molar-refractivity contribution in [2.45, 2.75) is 51.7 Å². The van der Waals surface area contributed by atoms with Gasteiger partial charge in [-0.3, -0.25) is 28.8 Å². The lowest BCUT2D eigenvalue weighted by molar-refractivity contribution is -0.386. The van der Waals surface area contributed by atoms with E-state index in [2.05, 4.69) is 9.97 Å². The van der Waals surface area contributed by atoms with Crippen LogP contribution in [0.15, 0.2) is 46.0 Å². The fourth-order valence-corrected chi connectivity index (χ4v) is 4.72. The number of hydrogen-bond donors (Lipinski definition) is 0. The van der Waals surface area contributed by atoms with Crippen molar-refractivity contribution in [3.63, 3.8) is 0 Å². The van der Waals surface area contributed by atoms with Crippen LogP contribution in [0.3, 0.4) is 0 Å². The third-order valence-electron chi connectivity index (χ3n) is 6.07. The van der Waals surface area contributed by atoms with Crippen LogP contribution in [0.25, 0.3) is 16.6 Å². The van der Waals surface area contributed by atoms with Gasteiger partial charge in [-0.2, -0.15) is 13.2 Å². The highest BCUT2D eigenvalue weighted by molar-refractivity contribution is 6.37. The van der Waals surface area contributed by atoms with Crippen LogP contribution in [-0.2, 0) is 6.18 Å². The summed E-state index contributed by atoms with van der Waals surface area (Å²) >= 11 is 6.14. The summed E-state index contributed by atoms with van der Waals surface area (Å²) in [6.07, 6.45) is -0.889. The standard InChI is InChI=1S/C24H20ClF4N5O4/c1-10(2)17-21(18(11(3)4)31-9-30-17)33-19-12(16(25)20(23(33)36)34(37)38)8-15(24(27,28)29)32(22(19)35)14-7-5-6-13(14)26/h5-11,14H,1-4H3/t14-/m0/s1. The zero-order valence-electron chi connectivity index (χ0n) is 20.4. The molecule has 3 aromatic rings. The number of rotatable bonds is 5. The summed E-state index contributed by atoms with van der Waals surface area (Å²) < 4.78 is 57.9. The lowest BCUT2D eigenvalue weighted by Gasteiger charge is -2.24. The van der Waals surface area contributed by atoms with Crippen molar-refractivity contribution in [1.29, 1.82) is 0 Å². The van der Waals surface area contributed by atoms with Crippen molar-refractivity contribution in [2.75, 3.05) is 0 Å².